The summed E-state index contributed by atoms with van der Waals surface area (Å²) in [5.74, 6) is 1.12. The molecule has 1 saturated heterocycles. The maximum Gasteiger partial charge on any atom is 0.294 e. The van der Waals surface area contributed by atoms with Crippen LogP contribution in [0.25, 0.3) is 6.08 Å². The van der Waals surface area contributed by atoms with Crippen LogP contribution in [0.15, 0.2) is 78.2 Å². The summed E-state index contributed by atoms with van der Waals surface area (Å²) in [5, 5.41) is 2.17. The van der Waals surface area contributed by atoms with E-state index in [2.05, 4.69) is 11.9 Å². The number of rotatable bonds is 10. The summed E-state index contributed by atoms with van der Waals surface area (Å²) in [6.07, 6.45) is 3.87. The molecule has 0 bridgehead atoms. The molecule has 0 aromatic heterocycles. The van der Waals surface area contributed by atoms with Crippen molar-refractivity contribution in [2.24, 2.45) is 0 Å². The van der Waals surface area contributed by atoms with Gasteiger partial charge in [-0.1, -0.05) is 36.4 Å². The van der Waals surface area contributed by atoms with E-state index in [9.17, 15) is 14.4 Å². The van der Waals surface area contributed by atoms with E-state index in [0.29, 0.717) is 60.5 Å². The van der Waals surface area contributed by atoms with Gasteiger partial charge in [0.25, 0.3) is 11.1 Å². The van der Waals surface area contributed by atoms with E-state index in [-0.39, 0.29) is 4.91 Å². The van der Waals surface area contributed by atoms with Gasteiger partial charge < -0.3 is 24.3 Å². The molecule has 41 heavy (non-hydrogen) atoms. The Hall–Kier alpha value is -4.70. The minimum absolute atomic E-state index is 0.201. The third-order valence-corrected chi connectivity index (χ3v) is 7.17. The van der Waals surface area contributed by atoms with E-state index >= 15 is 0 Å². The number of benzene rings is 3. The molecule has 3 aromatic carbocycles. The smallest absolute Gasteiger partial charge is 0.294 e. The van der Waals surface area contributed by atoms with Crippen LogP contribution in [0, 0.1) is 0 Å². The van der Waals surface area contributed by atoms with Gasteiger partial charge in [0.15, 0.2) is 23.0 Å². The fourth-order valence-electron chi connectivity index (χ4n) is 4.37. The van der Waals surface area contributed by atoms with Crippen molar-refractivity contribution in [3.05, 3.63) is 94.9 Å². The number of carbonyl (C=O) groups excluding carboxylic acids is 3. The minimum atomic E-state index is -0.550. The van der Waals surface area contributed by atoms with Gasteiger partial charge in [-0.3, -0.25) is 19.3 Å². The van der Waals surface area contributed by atoms with Crippen LogP contribution in [0.4, 0.5) is 10.5 Å². The van der Waals surface area contributed by atoms with E-state index < -0.39 is 23.6 Å². The zero-order valence-electron chi connectivity index (χ0n) is 22.4. The highest BCUT2D eigenvalue weighted by molar-refractivity contribution is 8.18. The number of nitrogens with zero attached hydrogens (tertiary/aromatic N) is 1. The van der Waals surface area contributed by atoms with Gasteiger partial charge in [0.05, 0.1) is 12.0 Å². The second-order valence-electron chi connectivity index (χ2n) is 9.15. The van der Waals surface area contributed by atoms with Gasteiger partial charge in [-0.2, -0.15) is 0 Å². The molecule has 0 radical (unpaired) electrons. The first-order valence-corrected chi connectivity index (χ1v) is 13.7. The van der Waals surface area contributed by atoms with Crippen molar-refractivity contribution >= 4 is 40.6 Å². The molecule has 0 saturated carbocycles. The van der Waals surface area contributed by atoms with Crippen molar-refractivity contribution in [3.8, 4) is 23.0 Å². The Balaban J connectivity index is 1.30. The number of anilines is 1. The van der Waals surface area contributed by atoms with Crippen LogP contribution in [0.2, 0.25) is 0 Å². The molecule has 1 N–H and O–H groups in total. The van der Waals surface area contributed by atoms with Crippen molar-refractivity contribution in [1.29, 1.82) is 0 Å². The zero-order valence-corrected chi connectivity index (χ0v) is 23.2. The number of allylic oxidation sites excluding steroid dienone is 1. The van der Waals surface area contributed by atoms with Crippen LogP contribution in [0.5, 0.6) is 23.0 Å². The summed E-state index contributed by atoms with van der Waals surface area (Å²) >= 11 is 0.778. The molecule has 9 nitrogen and oxygen atoms in total. The molecular weight excluding hydrogens is 544 g/mol. The lowest BCUT2D eigenvalue weighted by molar-refractivity contribution is -0.127. The molecule has 0 atom stereocenters. The third-order valence-electron chi connectivity index (χ3n) is 6.26. The molecule has 2 aliphatic heterocycles. The molecule has 5 rings (SSSR count). The molecule has 210 valence electrons. The Morgan fingerprint density at radius 1 is 1.07 bits per heavy atom. The fourth-order valence-corrected chi connectivity index (χ4v) is 5.21. The summed E-state index contributed by atoms with van der Waals surface area (Å²) in [5.41, 5.74) is 2.95. The maximum atomic E-state index is 13.1. The van der Waals surface area contributed by atoms with E-state index in [4.69, 9.17) is 18.9 Å². The lowest BCUT2D eigenvalue weighted by atomic mass is 10.0. The van der Waals surface area contributed by atoms with Crippen molar-refractivity contribution in [1.82, 2.24) is 4.90 Å². The van der Waals surface area contributed by atoms with Crippen LogP contribution >= 0.6 is 11.8 Å². The summed E-state index contributed by atoms with van der Waals surface area (Å²) < 4.78 is 22.8. The number of hydrogen-bond donors (Lipinski definition) is 1. The van der Waals surface area contributed by atoms with Crippen molar-refractivity contribution in [3.63, 3.8) is 0 Å². The van der Waals surface area contributed by atoms with Crippen LogP contribution < -0.4 is 24.3 Å². The fraction of sp³-hybridized carbons (Fsp3) is 0.194. The molecule has 3 aromatic rings. The maximum absolute atomic E-state index is 13.1. The number of amides is 3. The van der Waals surface area contributed by atoms with E-state index in [0.717, 1.165) is 27.8 Å². The van der Waals surface area contributed by atoms with Gasteiger partial charge in [-0.05, 0) is 59.7 Å². The molecule has 3 amide bonds. The van der Waals surface area contributed by atoms with Crippen LogP contribution in [-0.2, 0) is 22.6 Å². The Morgan fingerprint density at radius 2 is 1.85 bits per heavy atom. The Labute approximate surface area is 241 Å². The first-order valence-electron chi connectivity index (χ1n) is 12.9. The van der Waals surface area contributed by atoms with Crippen LogP contribution in [-0.4, -0.2) is 48.8 Å². The van der Waals surface area contributed by atoms with Gasteiger partial charge in [-0.15, -0.1) is 6.58 Å². The Morgan fingerprint density at radius 3 is 2.61 bits per heavy atom. The Kier molecular flexibility index (Phi) is 8.59. The first-order chi connectivity index (χ1) is 19.9. The number of carbonyl (C=O) groups is 3. The largest absolute Gasteiger partial charge is 0.493 e. The Bertz CT molecular complexity index is 1520. The van der Waals surface area contributed by atoms with Gasteiger partial charge in [-0.25, -0.2) is 0 Å². The molecular formula is C31H28N2O7S. The number of thioether (sulfide) groups is 1. The summed E-state index contributed by atoms with van der Waals surface area (Å²) in [4.78, 5) is 39.6. The second kappa shape index (κ2) is 12.6. The summed E-state index contributed by atoms with van der Waals surface area (Å²) in [6, 6.07) is 18.4. The van der Waals surface area contributed by atoms with Gasteiger partial charge in [0.2, 0.25) is 5.91 Å². The second-order valence-corrected chi connectivity index (χ2v) is 10.1. The SMILES string of the molecule is C=CCc1cc(/C=C2\SC(=O)N(CC(=O)Nc3ccc4c(c3)OCCO4)C2=O)cc(OC)c1OCc1ccccc1. The molecule has 0 unspecified atom stereocenters. The van der Waals surface area contributed by atoms with Crippen molar-refractivity contribution < 1.29 is 33.3 Å². The molecule has 1 fully saturated rings. The lowest BCUT2D eigenvalue weighted by Gasteiger charge is -2.19. The summed E-state index contributed by atoms with van der Waals surface area (Å²) in [6.45, 7) is 4.65. The minimum Gasteiger partial charge on any atom is -0.493 e. The number of methoxy groups -OCH3 is 1. The zero-order chi connectivity index (χ0) is 28.8. The highest BCUT2D eigenvalue weighted by Crippen LogP contribution is 2.38. The molecule has 2 aliphatic rings. The molecule has 0 aliphatic carbocycles. The van der Waals surface area contributed by atoms with E-state index in [1.165, 1.54) is 0 Å². The highest BCUT2D eigenvalue weighted by Gasteiger charge is 2.36. The van der Waals surface area contributed by atoms with Crippen molar-refractivity contribution in [2.75, 3.05) is 32.2 Å². The summed E-state index contributed by atoms with van der Waals surface area (Å²) in [7, 11) is 1.54. The number of imide groups is 1. The number of nitrogens with one attached hydrogen (secondary N) is 1. The first kappa shape index (κ1) is 27.9. The standard InChI is InChI=1S/C31H28N2O7S/c1-3-7-22-14-21(15-26(37-2)29(22)40-19-20-8-5-4-6-9-20)16-27-30(35)33(31(36)41-27)18-28(34)32-23-10-11-24-25(17-23)39-13-12-38-24/h3-6,8-11,14-17H,1,7,12-13,18-19H2,2H3,(H,32,34)/b27-16-. The van der Waals surface area contributed by atoms with Gasteiger partial charge in [0.1, 0.15) is 26.4 Å². The average Bonchev–Trinajstić information content (AvgIpc) is 3.24. The number of fused-ring (bicyclic) bond motifs is 1. The molecule has 0 spiro atoms. The highest BCUT2D eigenvalue weighted by atomic mass is 32.2. The van der Waals surface area contributed by atoms with Crippen LogP contribution in [0.3, 0.4) is 0 Å². The van der Waals surface area contributed by atoms with Crippen molar-refractivity contribution in [2.45, 2.75) is 13.0 Å². The predicted octanol–water partition coefficient (Wildman–Crippen LogP) is 5.45. The molecule has 2 heterocycles. The average molecular weight is 573 g/mol. The quantitative estimate of drug-likeness (QED) is 0.253. The number of hydrogen-bond acceptors (Lipinski definition) is 8. The lowest BCUT2D eigenvalue weighted by Crippen LogP contribution is -2.36. The van der Waals surface area contributed by atoms with Gasteiger partial charge in [0, 0.05) is 17.3 Å². The monoisotopic (exact) mass is 572 g/mol. The predicted molar refractivity (Wildman–Crippen MR) is 156 cm³/mol. The van der Waals surface area contributed by atoms with E-state index in [1.807, 2.05) is 36.4 Å². The van der Waals surface area contributed by atoms with Gasteiger partial charge >= 0.3 is 0 Å². The van der Waals surface area contributed by atoms with Crippen LogP contribution in [0.1, 0.15) is 16.7 Å². The molecule has 10 heteroatoms. The number of ether oxygens (including phenoxy) is 4. The topological polar surface area (TPSA) is 103 Å². The third kappa shape index (κ3) is 6.55. The normalized spacial score (nSPS) is 15.1. The van der Waals surface area contributed by atoms with E-state index in [1.54, 1.807) is 43.5 Å².